The molecule has 0 bridgehead atoms. The summed E-state index contributed by atoms with van der Waals surface area (Å²) in [5.74, 6) is 0.0558. The normalized spacial score (nSPS) is 13.9. The van der Waals surface area contributed by atoms with Gasteiger partial charge in [-0.15, -0.1) is 11.3 Å². The average Bonchev–Trinajstić information content (AvgIpc) is 2.97. The molecule has 1 atom stereocenters. The summed E-state index contributed by atoms with van der Waals surface area (Å²) in [7, 11) is -2.10. The van der Waals surface area contributed by atoms with Crippen molar-refractivity contribution in [1.29, 1.82) is 0 Å². The van der Waals surface area contributed by atoms with Crippen molar-refractivity contribution < 1.29 is 8.42 Å². The quantitative estimate of drug-likeness (QED) is 0.889. The molecular formula is C10H14N4O2S2. The predicted octanol–water partition coefficient (Wildman–Crippen LogP) is 1.44. The molecular weight excluding hydrogens is 272 g/mol. The van der Waals surface area contributed by atoms with Crippen LogP contribution >= 0.6 is 11.3 Å². The van der Waals surface area contributed by atoms with Gasteiger partial charge in [-0.05, 0) is 18.4 Å². The Balaban J connectivity index is 2.34. The zero-order valence-corrected chi connectivity index (χ0v) is 11.6. The van der Waals surface area contributed by atoms with Crippen molar-refractivity contribution in [1.82, 2.24) is 14.5 Å². The lowest BCUT2D eigenvalue weighted by atomic mass is 10.3. The maximum absolute atomic E-state index is 12.3. The van der Waals surface area contributed by atoms with Crippen LogP contribution in [0.25, 0.3) is 0 Å². The van der Waals surface area contributed by atoms with E-state index in [1.54, 1.807) is 0 Å². The first-order valence-corrected chi connectivity index (χ1v) is 7.57. The minimum absolute atomic E-state index is 0.00778. The summed E-state index contributed by atoms with van der Waals surface area (Å²) in [4.78, 5) is 0.983. The first kappa shape index (κ1) is 13.1. The molecule has 0 saturated heterocycles. The predicted molar refractivity (Wildman–Crippen MR) is 70.7 cm³/mol. The topological polar surface area (TPSA) is 92.1 Å². The van der Waals surface area contributed by atoms with Crippen LogP contribution in [0.1, 0.15) is 17.8 Å². The van der Waals surface area contributed by atoms with E-state index >= 15 is 0 Å². The van der Waals surface area contributed by atoms with Gasteiger partial charge in [0.05, 0.1) is 12.2 Å². The van der Waals surface area contributed by atoms with Gasteiger partial charge in [0, 0.05) is 11.9 Å². The molecule has 0 aromatic carbocycles. The van der Waals surface area contributed by atoms with Crippen LogP contribution < -0.4 is 5.73 Å². The Bertz CT molecular complexity index is 618. The monoisotopic (exact) mass is 286 g/mol. The van der Waals surface area contributed by atoms with Crippen LogP contribution in [0.4, 0.5) is 5.82 Å². The van der Waals surface area contributed by atoms with Crippen molar-refractivity contribution >= 4 is 27.2 Å². The van der Waals surface area contributed by atoms with Crippen molar-refractivity contribution in [3.63, 3.8) is 0 Å². The van der Waals surface area contributed by atoms with Gasteiger partial charge < -0.3 is 5.73 Å². The molecule has 0 radical (unpaired) electrons. The van der Waals surface area contributed by atoms with E-state index in [-0.39, 0.29) is 16.8 Å². The molecule has 18 heavy (non-hydrogen) atoms. The van der Waals surface area contributed by atoms with Gasteiger partial charge in [0.25, 0.3) is 0 Å². The van der Waals surface area contributed by atoms with Gasteiger partial charge in [0.2, 0.25) is 10.0 Å². The molecule has 1 unspecified atom stereocenters. The molecule has 6 nitrogen and oxygen atoms in total. The first-order chi connectivity index (χ1) is 8.44. The number of nitrogens with two attached hydrogens (primary N) is 1. The molecule has 98 valence electrons. The summed E-state index contributed by atoms with van der Waals surface area (Å²) >= 11 is 1.52. The number of anilines is 1. The van der Waals surface area contributed by atoms with E-state index in [0.717, 1.165) is 4.88 Å². The molecule has 0 aliphatic carbocycles. The zero-order chi connectivity index (χ0) is 13.3. The standard InChI is InChI=1S/C10H14N4O2S2/c1-7(8-4-3-5-17-8)14(2)18(15,16)9-6-12-13-10(9)11/h3-7H,1-2H3,(H3,11,12,13). The molecule has 0 aliphatic heterocycles. The van der Waals surface area contributed by atoms with Gasteiger partial charge in [0.1, 0.15) is 10.7 Å². The van der Waals surface area contributed by atoms with Crippen molar-refractivity contribution in [2.45, 2.75) is 17.9 Å². The van der Waals surface area contributed by atoms with Crippen LogP contribution in [0, 0.1) is 0 Å². The highest BCUT2D eigenvalue weighted by molar-refractivity contribution is 7.89. The van der Waals surface area contributed by atoms with E-state index in [0.29, 0.717) is 0 Å². The molecule has 2 rings (SSSR count). The average molecular weight is 286 g/mol. The van der Waals surface area contributed by atoms with E-state index in [1.807, 2.05) is 24.4 Å². The van der Waals surface area contributed by atoms with Gasteiger partial charge >= 0.3 is 0 Å². The summed E-state index contributed by atoms with van der Waals surface area (Å²) in [5.41, 5.74) is 5.56. The Labute approximate surface area is 109 Å². The second-order valence-electron chi connectivity index (χ2n) is 3.86. The third kappa shape index (κ3) is 2.14. The number of aromatic nitrogens is 2. The van der Waals surface area contributed by atoms with Crippen molar-refractivity contribution in [3.8, 4) is 0 Å². The van der Waals surface area contributed by atoms with Gasteiger partial charge in [-0.3, -0.25) is 5.10 Å². The Kier molecular flexibility index (Phi) is 3.42. The Hall–Kier alpha value is -1.38. The summed E-state index contributed by atoms with van der Waals surface area (Å²) in [6.07, 6.45) is 1.22. The first-order valence-electron chi connectivity index (χ1n) is 5.25. The fourth-order valence-electron chi connectivity index (χ4n) is 1.56. The molecule has 8 heteroatoms. The van der Waals surface area contributed by atoms with Crippen LogP contribution in [0.15, 0.2) is 28.6 Å². The fraction of sp³-hybridized carbons (Fsp3) is 0.300. The van der Waals surface area contributed by atoms with Crippen LogP contribution in [0.5, 0.6) is 0 Å². The number of hydrogen-bond acceptors (Lipinski definition) is 5. The molecule has 2 heterocycles. The number of nitrogens with one attached hydrogen (secondary N) is 1. The Morgan fingerprint density at radius 3 is 2.78 bits per heavy atom. The van der Waals surface area contributed by atoms with Gasteiger partial charge in [-0.2, -0.15) is 9.40 Å². The van der Waals surface area contributed by atoms with E-state index in [9.17, 15) is 8.42 Å². The van der Waals surface area contributed by atoms with Crippen molar-refractivity contribution in [2.24, 2.45) is 0 Å². The van der Waals surface area contributed by atoms with E-state index in [4.69, 9.17) is 5.73 Å². The molecule has 2 aromatic rings. The number of H-pyrrole nitrogens is 1. The molecule has 0 amide bonds. The SMILES string of the molecule is CC(c1cccs1)N(C)S(=O)(=O)c1cn[nH]c1N. The third-order valence-corrected chi connectivity index (χ3v) is 5.79. The fourth-order valence-corrected chi connectivity index (χ4v) is 3.80. The maximum Gasteiger partial charge on any atom is 0.248 e. The maximum atomic E-state index is 12.3. The molecule has 0 spiro atoms. The summed E-state index contributed by atoms with van der Waals surface area (Å²) in [6, 6.07) is 3.55. The van der Waals surface area contributed by atoms with Gasteiger partial charge in [0.15, 0.2) is 0 Å². The summed E-state index contributed by atoms with van der Waals surface area (Å²) in [5, 5.41) is 7.98. The van der Waals surface area contributed by atoms with E-state index in [2.05, 4.69) is 10.2 Å². The van der Waals surface area contributed by atoms with Gasteiger partial charge in [-0.1, -0.05) is 6.07 Å². The van der Waals surface area contributed by atoms with Gasteiger partial charge in [-0.25, -0.2) is 8.42 Å². The molecule has 0 fully saturated rings. The summed E-state index contributed by atoms with van der Waals surface area (Å²) in [6.45, 7) is 1.83. The highest BCUT2D eigenvalue weighted by Crippen LogP contribution is 2.29. The minimum atomic E-state index is -3.63. The number of aromatic amines is 1. The van der Waals surface area contributed by atoms with Crippen LogP contribution in [0.2, 0.25) is 0 Å². The van der Waals surface area contributed by atoms with E-state index < -0.39 is 10.0 Å². The number of nitrogens with zero attached hydrogens (tertiary/aromatic N) is 2. The van der Waals surface area contributed by atoms with E-state index in [1.165, 1.54) is 28.9 Å². The lowest BCUT2D eigenvalue weighted by Crippen LogP contribution is -2.29. The molecule has 2 aromatic heterocycles. The highest BCUT2D eigenvalue weighted by atomic mass is 32.2. The lowest BCUT2D eigenvalue weighted by Gasteiger charge is -2.22. The van der Waals surface area contributed by atoms with Crippen molar-refractivity contribution in [3.05, 3.63) is 28.6 Å². The van der Waals surface area contributed by atoms with Crippen LogP contribution in [0.3, 0.4) is 0 Å². The Morgan fingerprint density at radius 1 is 1.56 bits per heavy atom. The molecule has 3 N–H and O–H groups in total. The lowest BCUT2D eigenvalue weighted by molar-refractivity contribution is 0.403. The Morgan fingerprint density at radius 2 is 2.28 bits per heavy atom. The zero-order valence-electron chi connectivity index (χ0n) is 9.99. The van der Waals surface area contributed by atoms with Crippen molar-refractivity contribution in [2.75, 3.05) is 12.8 Å². The number of nitrogen functional groups attached to an aromatic ring is 1. The largest absolute Gasteiger partial charge is 0.383 e. The number of thiophene rings is 1. The highest BCUT2D eigenvalue weighted by Gasteiger charge is 2.29. The summed E-state index contributed by atoms with van der Waals surface area (Å²) < 4.78 is 26.0. The second-order valence-corrected chi connectivity index (χ2v) is 6.81. The second kappa shape index (κ2) is 4.71. The number of hydrogen-bond donors (Lipinski definition) is 2. The third-order valence-electron chi connectivity index (χ3n) is 2.79. The minimum Gasteiger partial charge on any atom is -0.383 e. The smallest absolute Gasteiger partial charge is 0.248 e. The molecule has 0 aliphatic rings. The number of rotatable bonds is 4. The van der Waals surface area contributed by atoms with Crippen LogP contribution in [-0.4, -0.2) is 30.0 Å². The number of sulfonamides is 1. The van der Waals surface area contributed by atoms with Crippen LogP contribution in [-0.2, 0) is 10.0 Å². The molecule has 0 saturated carbocycles.